The van der Waals surface area contributed by atoms with E-state index in [1.165, 1.54) is 10.9 Å². The Kier molecular flexibility index (Phi) is 5.81. The molecule has 4 aromatic rings. The van der Waals surface area contributed by atoms with Crippen molar-refractivity contribution in [2.24, 2.45) is 0 Å². The van der Waals surface area contributed by atoms with Crippen LogP contribution in [-0.4, -0.2) is 26.8 Å². The van der Waals surface area contributed by atoms with Crippen molar-refractivity contribution in [3.8, 4) is 17.3 Å². The zero-order chi connectivity index (χ0) is 20.9. The SMILES string of the molecule is CC(Oc1ccccc1)C(=O)n1nc(-c2ccco2)nc1NCc1ccccc1Cl. The Labute approximate surface area is 178 Å². The van der Waals surface area contributed by atoms with Gasteiger partial charge in [0.15, 0.2) is 11.9 Å². The first-order valence-electron chi connectivity index (χ1n) is 9.36. The topological polar surface area (TPSA) is 82.2 Å². The Balaban J connectivity index is 1.60. The summed E-state index contributed by atoms with van der Waals surface area (Å²) in [5.74, 6) is 1.25. The first kappa shape index (κ1) is 19.7. The lowest BCUT2D eigenvalue weighted by molar-refractivity contribution is 0.0713. The molecule has 30 heavy (non-hydrogen) atoms. The number of anilines is 1. The van der Waals surface area contributed by atoms with E-state index in [2.05, 4.69) is 15.4 Å². The van der Waals surface area contributed by atoms with Gasteiger partial charge in [0.25, 0.3) is 5.91 Å². The van der Waals surface area contributed by atoms with Gasteiger partial charge in [-0.25, -0.2) is 0 Å². The van der Waals surface area contributed by atoms with Crippen molar-refractivity contribution in [3.05, 3.63) is 83.6 Å². The average molecular weight is 423 g/mol. The molecular formula is C22H19ClN4O3. The number of carbonyl (C=O) groups is 1. The van der Waals surface area contributed by atoms with Crippen LogP contribution in [0.25, 0.3) is 11.6 Å². The van der Waals surface area contributed by atoms with Gasteiger partial charge >= 0.3 is 0 Å². The van der Waals surface area contributed by atoms with Gasteiger partial charge in [-0.1, -0.05) is 48.0 Å². The van der Waals surface area contributed by atoms with Gasteiger partial charge in [-0.3, -0.25) is 4.79 Å². The minimum atomic E-state index is -0.778. The molecule has 0 aliphatic heterocycles. The van der Waals surface area contributed by atoms with E-state index in [0.29, 0.717) is 28.9 Å². The number of halogens is 1. The van der Waals surface area contributed by atoms with E-state index in [9.17, 15) is 4.79 Å². The number of carbonyl (C=O) groups excluding carboxylic acids is 1. The van der Waals surface area contributed by atoms with Crippen LogP contribution < -0.4 is 10.1 Å². The summed E-state index contributed by atoms with van der Waals surface area (Å²) in [6.07, 6.45) is 0.745. The molecule has 0 saturated heterocycles. The van der Waals surface area contributed by atoms with Crippen molar-refractivity contribution >= 4 is 23.5 Å². The standard InChI is InChI=1S/C22H19ClN4O3/c1-15(30-17-9-3-2-4-10-17)21(28)27-22(24-14-16-8-5-6-11-18(16)23)25-20(26-27)19-12-7-13-29-19/h2-13,15H,14H2,1H3,(H,24,25,26). The number of rotatable bonds is 7. The number of hydrogen-bond acceptors (Lipinski definition) is 6. The fourth-order valence-electron chi connectivity index (χ4n) is 2.83. The maximum atomic E-state index is 13.1. The lowest BCUT2D eigenvalue weighted by atomic mass is 10.2. The van der Waals surface area contributed by atoms with E-state index in [0.717, 1.165) is 5.56 Å². The molecule has 152 valence electrons. The number of furan rings is 1. The summed E-state index contributed by atoms with van der Waals surface area (Å²) >= 11 is 6.24. The number of ether oxygens (including phenoxy) is 1. The molecule has 2 aromatic carbocycles. The van der Waals surface area contributed by atoms with Crippen LogP contribution in [0.2, 0.25) is 5.02 Å². The molecule has 0 spiro atoms. The molecule has 0 amide bonds. The first-order valence-corrected chi connectivity index (χ1v) is 9.74. The van der Waals surface area contributed by atoms with E-state index < -0.39 is 6.10 Å². The van der Waals surface area contributed by atoms with E-state index in [4.69, 9.17) is 20.8 Å². The molecular weight excluding hydrogens is 404 g/mol. The van der Waals surface area contributed by atoms with E-state index >= 15 is 0 Å². The Morgan fingerprint density at radius 2 is 1.90 bits per heavy atom. The van der Waals surface area contributed by atoms with Crippen LogP contribution in [0, 0.1) is 0 Å². The lowest BCUT2D eigenvalue weighted by Gasteiger charge is -2.14. The van der Waals surface area contributed by atoms with Crippen molar-refractivity contribution < 1.29 is 13.9 Å². The van der Waals surface area contributed by atoms with Gasteiger partial charge in [0.1, 0.15) is 5.75 Å². The molecule has 0 aliphatic rings. The molecule has 1 atom stereocenters. The molecule has 0 aliphatic carbocycles. The van der Waals surface area contributed by atoms with Crippen molar-refractivity contribution in [1.29, 1.82) is 0 Å². The fourth-order valence-corrected chi connectivity index (χ4v) is 3.03. The van der Waals surface area contributed by atoms with Crippen molar-refractivity contribution in [2.75, 3.05) is 5.32 Å². The van der Waals surface area contributed by atoms with Crippen molar-refractivity contribution in [2.45, 2.75) is 19.6 Å². The third-order valence-electron chi connectivity index (χ3n) is 4.36. The number of hydrogen-bond donors (Lipinski definition) is 1. The summed E-state index contributed by atoms with van der Waals surface area (Å²) < 4.78 is 12.3. The Bertz CT molecular complexity index is 1130. The van der Waals surface area contributed by atoms with Crippen LogP contribution in [0.5, 0.6) is 5.75 Å². The van der Waals surface area contributed by atoms with Crippen LogP contribution in [-0.2, 0) is 6.54 Å². The van der Waals surface area contributed by atoms with Crippen LogP contribution >= 0.6 is 11.6 Å². The number of nitrogens with zero attached hydrogens (tertiary/aromatic N) is 3. The minimum absolute atomic E-state index is 0.273. The Morgan fingerprint density at radius 1 is 1.13 bits per heavy atom. The molecule has 2 aromatic heterocycles. The quantitative estimate of drug-likeness (QED) is 0.455. The van der Waals surface area contributed by atoms with Gasteiger partial charge in [0, 0.05) is 11.6 Å². The molecule has 8 heteroatoms. The third-order valence-corrected chi connectivity index (χ3v) is 4.72. The normalized spacial score (nSPS) is 11.8. The smallest absolute Gasteiger partial charge is 0.290 e. The maximum Gasteiger partial charge on any atom is 0.290 e. The Morgan fingerprint density at radius 3 is 2.63 bits per heavy atom. The molecule has 0 bridgehead atoms. The number of nitrogens with one attached hydrogen (secondary N) is 1. The van der Waals surface area contributed by atoms with Gasteiger partial charge < -0.3 is 14.5 Å². The first-order chi connectivity index (χ1) is 14.6. The molecule has 7 nitrogen and oxygen atoms in total. The van der Waals surface area contributed by atoms with Gasteiger partial charge in [0.05, 0.1) is 6.26 Å². The second kappa shape index (κ2) is 8.84. The van der Waals surface area contributed by atoms with Crippen LogP contribution in [0.15, 0.2) is 77.4 Å². The maximum absolute atomic E-state index is 13.1. The molecule has 1 unspecified atom stereocenters. The number of para-hydroxylation sites is 1. The molecule has 1 N–H and O–H groups in total. The van der Waals surface area contributed by atoms with Gasteiger partial charge in [-0.05, 0) is 42.8 Å². The van der Waals surface area contributed by atoms with E-state index in [1.54, 1.807) is 37.3 Å². The van der Waals surface area contributed by atoms with Gasteiger partial charge in [-0.2, -0.15) is 9.67 Å². The Hall–Kier alpha value is -3.58. The monoisotopic (exact) mass is 422 g/mol. The summed E-state index contributed by atoms with van der Waals surface area (Å²) in [5.41, 5.74) is 0.870. The second-order valence-electron chi connectivity index (χ2n) is 6.50. The molecule has 4 rings (SSSR count). The van der Waals surface area contributed by atoms with Crippen LogP contribution in [0.4, 0.5) is 5.95 Å². The van der Waals surface area contributed by atoms with Gasteiger partial charge in [-0.15, -0.1) is 5.10 Å². The highest BCUT2D eigenvalue weighted by Crippen LogP contribution is 2.21. The summed E-state index contributed by atoms with van der Waals surface area (Å²) in [6, 6.07) is 20.0. The second-order valence-corrected chi connectivity index (χ2v) is 6.91. The summed E-state index contributed by atoms with van der Waals surface area (Å²) in [6.45, 7) is 2.04. The summed E-state index contributed by atoms with van der Waals surface area (Å²) in [7, 11) is 0. The zero-order valence-corrected chi connectivity index (χ0v) is 16.9. The highest BCUT2D eigenvalue weighted by atomic mass is 35.5. The predicted octanol–water partition coefficient (Wildman–Crippen LogP) is 4.91. The summed E-state index contributed by atoms with van der Waals surface area (Å²) in [5, 5.41) is 8.10. The average Bonchev–Trinajstić information content (AvgIpc) is 3.43. The highest BCUT2D eigenvalue weighted by Gasteiger charge is 2.24. The van der Waals surface area contributed by atoms with Crippen LogP contribution in [0.1, 0.15) is 17.3 Å². The van der Waals surface area contributed by atoms with E-state index in [1.807, 2.05) is 36.4 Å². The zero-order valence-electron chi connectivity index (χ0n) is 16.2. The van der Waals surface area contributed by atoms with Crippen LogP contribution in [0.3, 0.4) is 0 Å². The summed E-state index contributed by atoms with van der Waals surface area (Å²) in [4.78, 5) is 17.5. The third kappa shape index (κ3) is 4.36. The number of benzene rings is 2. The fraction of sp³-hybridized carbons (Fsp3) is 0.136. The van der Waals surface area contributed by atoms with Crippen molar-refractivity contribution in [3.63, 3.8) is 0 Å². The van der Waals surface area contributed by atoms with Crippen molar-refractivity contribution in [1.82, 2.24) is 14.8 Å². The number of aromatic nitrogens is 3. The molecule has 0 fully saturated rings. The van der Waals surface area contributed by atoms with E-state index in [-0.39, 0.29) is 11.9 Å². The molecule has 2 heterocycles. The largest absolute Gasteiger partial charge is 0.481 e. The molecule has 0 saturated carbocycles. The molecule has 0 radical (unpaired) electrons. The lowest BCUT2D eigenvalue weighted by Crippen LogP contribution is -2.31. The highest BCUT2D eigenvalue weighted by molar-refractivity contribution is 6.31. The minimum Gasteiger partial charge on any atom is -0.481 e. The van der Waals surface area contributed by atoms with Gasteiger partial charge in [0.2, 0.25) is 11.8 Å². The predicted molar refractivity (Wildman–Crippen MR) is 114 cm³/mol.